The Kier molecular flexibility index (Phi) is 3.20. The van der Waals surface area contributed by atoms with E-state index in [2.05, 4.69) is 25.5 Å². The van der Waals surface area contributed by atoms with Crippen molar-refractivity contribution in [2.75, 3.05) is 0 Å². The fourth-order valence-electron chi connectivity index (χ4n) is 3.16. The number of furan rings is 1. The van der Waals surface area contributed by atoms with Crippen LogP contribution in [0, 0.1) is 0 Å². The first-order valence-corrected chi connectivity index (χ1v) is 9.49. The number of aromatic nitrogens is 6. The lowest BCUT2D eigenvalue weighted by molar-refractivity contribution is 0.629. The summed E-state index contributed by atoms with van der Waals surface area (Å²) in [4.78, 5) is 0.696. The third-order valence-electron chi connectivity index (χ3n) is 4.52. The number of hydrogen-bond acceptors (Lipinski definition) is 6. The number of nitrogens with zero attached hydrogens (tertiary/aromatic N) is 5. The standard InChI is InChI=1S/C20H12N6OS/c1-2-6-12(7-3-1)14-11-15(22-21-14)18-23-24-20-26(18)25-19(28-20)17-10-13-8-4-5-9-16(13)27-17/h1-11H,(H,21,22). The van der Waals surface area contributed by atoms with E-state index in [9.17, 15) is 0 Å². The van der Waals surface area contributed by atoms with Crippen molar-refractivity contribution in [3.05, 3.63) is 66.7 Å². The summed E-state index contributed by atoms with van der Waals surface area (Å²) in [6, 6.07) is 21.8. The van der Waals surface area contributed by atoms with Crippen LogP contribution < -0.4 is 0 Å². The van der Waals surface area contributed by atoms with Crippen molar-refractivity contribution in [2.24, 2.45) is 0 Å². The zero-order valence-electron chi connectivity index (χ0n) is 14.4. The van der Waals surface area contributed by atoms with Gasteiger partial charge in [-0.3, -0.25) is 5.10 Å². The molecule has 8 heteroatoms. The molecule has 0 atom stereocenters. The van der Waals surface area contributed by atoms with Gasteiger partial charge in [0.2, 0.25) is 10.8 Å². The minimum Gasteiger partial charge on any atom is -0.453 e. The molecule has 0 unspecified atom stereocenters. The quantitative estimate of drug-likeness (QED) is 0.480. The van der Waals surface area contributed by atoms with Gasteiger partial charge in [-0.2, -0.15) is 9.61 Å². The molecule has 0 spiro atoms. The summed E-state index contributed by atoms with van der Waals surface area (Å²) in [5.41, 5.74) is 3.48. The molecule has 0 saturated heterocycles. The lowest BCUT2D eigenvalue weighted by atomic mass is 10.1. The number of fused-ring (bicyclic) bond motifs is 2. The third kappa shape index (κ3) is 2.35. The van der Waals surface area contributed by atoms with Gasteiger partial charge in [0.25, 0.3) is 0 Å². The van der Waals surface area contributed by atoms with Gasteiger partial charge in [0.15, 0.2) is 10.8 Å². The van der Waals surface area contributed by atoms with Crippen LogP contribution >= 0.6 is 11.3 Å². The van der Waals surface area contributed by atoms with Crippen molar-refractivity contribution in [1.29, 1.82) is 0 Å². The van der Waals surface area contributed by atoms with E-state index >= 15 is 0 Å². The summed E-state index contributed by atoms with van der Waals surface area (Å²) in [5.74, 6) is 1.33. The molecule has 134 valence electrons. The average molecular weight is 384 g/mol. The normalized spacial score (nSPS) is 11.6. The van der Waals surface area contributed by atoms with E-state index in [1.54, 1.807) is 4.52 Å². The van der Waals surface area contributed by atoms with Gasteiger partial charge in [-0.15, -0.1) is 15.3 Å². The van der Waals surface area contributed by atoms with Crippen LogP contribution in [0.25, 0.3) is 49.5 Å². The maximum atomic E-state index is 5.93. The van der Waals surface area contributed by atoms with Crippen molar-refractivity contribution < 1.29 is 4.42 Å². The maximum absolute atomic E-state index is 5.93. The number of nitrogens with one attached hydrogen (secondary N) is 1. The number of para-hydroxylation sites is 1. The first kappa shape index (κ1) is 15.3. The number of H-pyrrole nitrogens is 1. The van der Waals surface area contributed by atoms with E-state index in [1.165, 1.54) is 11.3 Å². The van der Waals surface area contributed by atoms with E-state index in [4.69, 9.17) is 4.42 Å². The molecular weight excluding hydrogens is 372 g/mol. The molecule has 6 rings (SSSR count). The molecule has 0 bridgehead atoms. The van der Waals surface area contributed by atoms with Crippen LogP contribution in [0.3, 0.4) is 0 Å². The summed E-state index contributed by atoms with van der Waals surface area (Å²) in [6.07, 6.45) is 0. The fraction of sp³-hybridized carbons (Fsp3) is 0. The van der Waals surface area contributed by atoms with Gasteiger partial charge in [-0.1, -0.05) is 59.9 Å². The smallest absolute Gasteiger partial charge is 0.235 e. The summed E-state index contributed by atoms with van der Waals surface area (Å²) >= 11 is 1.43. The molecule has 4 heterocycles. The Morgan fingerprint density at radius 1 is 0.929 bits per heavy atom. The lowest BCUT2D eigenvalue weighted by Crippen LogP contribution is -1.90. The average Bonchev–Trinajstić information content (AvgIpc) is 3.49. The highest BCUT2D eigenvalue weighted by molar-refractivity contribution is 7.19. The molecule has 28 heavy (non-hydrogen) atoms. The molecular formula is C20H12N6OS. The molecule has 0 aliphatic heterocycles. The predicted molar refractivity (Wildman–Crippen MR) is 107 cm³/mol. The number of rotatable bonds is 3. The highest BCUT2D eigenvalue weighted by Crippen LogP contribution is 2.32. The molecule has 0 amide bonds. The van der Waals surface area contributed by atoms with Crippen LogP contribution in [0.1, 0.15) is 0 Å². The van der Waals surface area contributed by atoms with Gasteiger partial charge in [0.1, 0.15) is 11.3 Å². The summed E-state index contributed by atoms with van der Waals surface area (Å²) in [5, 5.41) is 22.4. The second-order valence-electron chi connectivity index (χ2n) is 6.31. The predicted octanol–water partition coefficient (Wildman–Crippen LogP) is 4.66. The van der Waals surface area contributed by atoms with Crippen molar-refractivity contribution in [3.63, 3.8) is 0 Å². The monoisotopic (exact) mass is 384 g/mol. The molecule has 0 aliphatic rings. The SMILES string of the molecule is c1ccc(-c2cc(-c3nnc4sc(-c5cc6ccccc6o5)nn34)[nH]n2)cc1. The molecule has 6 aromatic rings. The highest BCUT2D eigenvalue weighted by atomic mass is 32.1. The minimum atomic E-state index is 0.614. The van der Waals surface area contributed by atoms with Crippen molar-refractivity contribution >= 4 is 27.3 Å². The first-order chi connectivity index (χ1) is 13.8. The molecule has 1 N–H and O–H groups in total. The molecule has 0 saturated carbocycles. The highest BCUT2D eigenvalue weighted by Gasteiger charge is 2.18. The zero-order chi connectivity index (χ0) is 18.5. The zero-order valence-corrected chi connectivity index (χ0v) is 15.2. The van der Waals surface area contributed by atoms with Gasteiger partial charge >= 0.3 is 0 Å². The minimum absolute atomic E-state index is 0.614. The van der Waals surface area contributed by atoms with Crippen LogP contribution in [0.4, 0.5) is 0 Å². The number of aromatic amines is 1. The van der Waals surface area contributed by atoms with E-state index in [1.807, 2.05) is 66.7 Å². The van der Waals surface area contributed by atoms with Crippen molar-refractivity contribution in [3.8, 4) is 33.5 Å². The van der Waals surface area contributed by atoms with Crippen molar-refractivity contribution in [1.82, 2.24) is 30.0 Å². The van der Waals surface area contributed by atoms with E-state index in [-0.39, 0.29) is 0 Å². The summed E-state index contributed by atoms with van der Waals surface area (Å²) in [6.45, 7) is 0. The first-order valence-electron chi connectivity index (χ1n) is 8.67. The van der Waals surface area contributed by atoms with Gasteiger partial charge in [0.05, 0.1) is 5.69 Å². The van der Waals surface area contributed by atoms with Gasteiger partial charge in [-0.05, 0) is 18.2 Å². The van der Waals surface area contributed by atoms with E-state index in [0.717, 1.165) is 38.7 Å². The number of benzene rings is 2. The maximum Gasteiger partial charge on any atom is 0.235 e. The van der Waals surface area contributed by atoms with Crippen LogP contribution in [-0.2, 0) is 0 Å². The van der Waals surface area contributed by atoms with Crippen LogP contribution in [0.15, 0.2) is 71.1 Å². The Labute approximate surface area is 162 Å². The second kappa shape index (κ2) is 5.86. The molecule has 4 aromatic heterocycles. The topological polar surface area (TPSA) is 84.9 Å². The van der Waals surface area contributed by atoms with Crippen molar-refractivity contribution in [2.45, 2.75) is 0 Å². The largest absolute Gasteiger partial charge is 0.453 e. The van der Waals surface area contributed by atoms with Gasteiger partial charge in [0, 0.05) is 10.9 Å². The molecule has 2 aromatic carbocycles. The van der Waals surface area contributed by atoms with E-state index in [0.29, 0.717) is 10.8 Å². The van der Waals surface area contributed by atoms with Crippen LogP contribution in [0.5, 0.6) is 0 Å². The summed E-state index contributed by atoms with van der Waals surface area (Å²) in [7, 11) is 0. The van der Waals surface area contributed by atoms with Gasteiger partial charge in [-0.25, -0.2) is 0 Å². The van der Waals surface area contributed by atoms with Crippen LogP contribution in [0.2, 0.25) is 0 Å². The Bertz CT molecular complexity index is 1390. The second-order valence-corrected chi connectivity index (χ2v) is 7.26. The third-order valence-corrected chi connectivity index (χ3v) is 5.43. The van der Waals surface area contributed by atoms with Gasteiger partial charge < -0.3 is 4.42 Å². The molecule has 0 radical (unpaired) electrons. The Morgan fingerprint density at radius 2 is 1.79 bits per heavy atom. The van der Waals surface area contributed by atoms with E-state index < -0.39 is 0 Å². The Morgan fingerprint density at radius 3 is 2.68 bits per heavy atom. The summed E-state index contributed by atoms with van der Waals surface area (Å²) < 4.78 is 7.64. The Hall–Kier alpha value is -3.78. The Balaban J connectivity index is 1.43. The number of hydrogen-bond donors (Lipinski definition) is 1. The fourth-order valence-corrected chi connectivity index (χ4v) is 3.96. The van der Waals surface area contributed by atoms with Crippen LogP contribution in [-0.4, -0.2) is 30.0 Å². The molecule has 0 fully saturated rings. The molecule has 0 aliphatic carbocycles. The molecule has 7 nitrogen and oxygen atoms in total. The lowest BCUT2D eigenvalue weighted by Gasteiger charge is -1.93.